The molecule has 2 aromatic carbocycles. The smallest absolute Gasteiger partial charge is 0.318 e. The Morgan fingerprint density at radius 1 is 1.00 bits per heavy atom. The van der Waals surface area contributed by atoms with E-state index in [1.807, 2.05) is 0 Å². The summed E-state index contributed by atoms with van der Waals surface area (Å²) in [5.41, 5.74) is 3.58. The van der Waals surface area contributed by atoms with Crippen LogP contribution in [0.15, 0.2) is 42.5 Å². The van der Waals surface area contributed by atoms with Gasteiger partial charge in [-0.2, -0.15) is 15.2 Å². The van der Waals surface area contributed by atoms with Gasteiger partial charge in [0.1, 0.15) is 12.4 Å². The summed E-state index contributed by atoms with van der Waals surface area (Å²) in [5, 5.41) is 11.8. The molecule has 192 valence electrons. The average Bonchev–Trinajstić information content (AvgIpc) is 3.35. The van der Waals surface area contributed by atoms with Crippen LogP contribution in [0.4, 0.5) is 11.5 Å². The highest BCUT2D eigenvalue weighted by Gasteiger charge is 2.30. The van der Waals surface area contributed by atoms with Crippen LogP contribution < -0.4 is 14.5 Å². The lowest BCUT2D eigenvalue weighted by Crippen LogP contribution is -2.39. The number of rotatable bonds is 6. The van der Waals surface area contributed by atoms with E-state index in [1.165, 1.54) is 28.4 Å². The summed E-state index contributed by atoms with van der Waals surface area (Å²) in [4.78, 5) is 17.2. The number of likely N-dealkylation sites (tertiary alicyclic amines) is 1. The summed E-state index contributed by atoms with van der Waals surface area (Å²) in [7, 11) is 2.17. The third-order valence-corrected chi connectivity index (χ3v) is 8.40. The van der Waals surface area contributed by atoms with Crippen LogP contribution in [0.1, 0.15) is 43.4 Å². The maximum absolute atomic E-state index is 9.30. The van der Waals surface area contributed by atoms with Gasteiger partial charge in [0.05, 0.1) is 18.3 Å². The Kier molecular flexibility index (Phi) is 6.84. The molecule has 0 radical (unpaired) electrons. The minimum absolute atomic E-state index is 0.400. The summed E-state index contributed by atoms with van der Waals surface area (Å²) >= 11 is 0. The first kappa shape index (κ1) is 24.0. The highest BCUT2D eigenvalue weighted by Crippen LogP contribution is 2.35. The van der Waals surface area contributed by atoms with Crippen molar-refractivity contribution in [1.82, 2.24) is 14.9 Å². The third kappa shape index (κ3) is 4.95. The Morgan fingerprint density at radius 3 is 2.73 bits per heavy atom. The van der Waals surface area contributed by atoms with Gasteiger partial charge < -0.3 is 19.4 Å². The van der Waals surface area contributed by atoms with E-state index in [0.717, 1.165) is 69.9 Å². The molecule has 6 rings (SSSR count). The van der Waals surface area contributed by atoms with Crippen LogP contribution in [-0.4, -0.2) is 60.7 Å². The second kappa shape index (κ2) is 10.5. The number of anilines is 2. The van der Waals surface area contributed by atoms with Crippen LogP contribution in [0.2, 0.25) is 0 Å². The number of ether oxygens (including phenoxy) is 1. The van der Waals surface area contributed by atoms with Crippen molar-refractivity contribution in [2.45, 2.75) is 51.1 Å². The molecule has 2 saturated heterocycles. The number of piperidine rings is 1. The number of hydrogen-bond donors (Lipinski definition) is 0. The number of fused-ring (bicyclic) bond motifs is 2. The molecule has 0 spiro atoms. The predicted molar refractivity (Wildman–Crippen MR) is 147 cm³/mol. The molecule has 3 aromatic rings. The quantitative estimate of drug-likeness (QED) is 0.486. The normalized spacial score (nSPS) is 22.2. The molecule has 7 nitrogen and oxygen atoms in total. The zero-order chi connectivity index (χ0) is 25.2. The van der Waals surface area contributed by atoms with Gasteiger partial charge in [-0.3, -0.25) is 0 Å². The number of benzene rings is 2. The fourth-order valence-corrected chi connectivity index (χ4v) is 6.32. The van der Waals surface area contributed by atoms with Crippen LogP contribution in [0, 0.1) is 17.2 Å². The summed E-state index contributed by atoms with van der Waals surface area (Å²) in [6.07, 6.45) is 6.09. The van der Waals surface area contributed by atoms with E-state index < -0.39 is 0 Å². The van der Waals surface area contributed by atoms with E-state index in [1.54, 1.807) is 0 Å². The monoisotopic (exact) mass is 496 g/mol. The number of hydrogen-bond acceptors (Lipinski definition) is 7. The van der Waals surface area contributed by atoms with E-state index in [-0.39, 0.29) is 0 Å². The van der Waals surface area contributed by atoms with Crippen molar-refractivity contribution < 1.29 is 4.74 Å². The van der Waals surface area contributed by atoms with Gasteiger partial charge in [-0.25, -0.2) is 0 Å². The lowest BCUT2D eigenvalue weighted by molar-refractivity contribution is 0.187. The second-order valence-electron chi connectivity index (χ2n) is 10.8. The molecule has 3 aliphatic heterocycles. The average molecular weight is 497 g/mol. The Balaban J connectivity index is 1.32. The van der Waals surface area contributed by atoms with Gasteiger partial charge >= 0.3 is 6.01 Å². The van der Waals surface area contributed by atoms with Crippen LogP contribution in [-0.2, 0) is 13.0 Å². The molecule has 7 heteroatoms. The molecular formula is C30H36N6O. The Hall–Kier alpha value is -3.37. The van der Waals surface area contributed by atoms with Gasteiger partial charge in [0, 0.05) is 48.7 Å². The fraction of sp³-hybridized carbons (Fsp3) is 0.500. The van der Waals surface area contributed by atoms with Crippen molar-refractivity contribution in [3.05, 3.63) is 53.7 Å². The lowest BCUT2D eigenvalue weighted by atomic mass is 9.94. The molecule has 0 amide bonds. The second-order valence-corrected chi connectivity index (χ2v) is 10.8. The van der Waals surface area contributed by atoms with E-state index in [0.29, 0.717) is 31.0 Å². The molecule has 1 unspecified atom stereocenters. The maximum atomic E-state index is 9.30. The number of nitrogens with zero attached hydrogens (tertiary/aromatic N) is 6. The summed E-state index contributed by atoms with van der Waals surface area (Å²) in [5.74, 6) is 1.43. The zero-order valence-corrected chi connectivity index (χ0v) is 21.8. The standard InChI is InChI=1S/C30H36N6O/c1-34-16-6-10-24(34)21-37-30-32-27-20-35(28-12-4-9-23-8-2-3-11-25(23)28)18-14-26(27)29(33-30)36-17-5-7-22(19-36)13-15-31/h2-4,8-9,11-12,22,24H,5-7,10,13-14,16-21H2,1H3/t22?,24-/m0/s1. The number of likely N-dealkylation sites (N-methyl/N-ethyl adjacent to an activating group) is 1. The molecule has 0 aliphatic carbocycles. The van der Waals surface area contributed by atoms with E-state index >= 15 is 0 Å². The molecule has 0 saturated carbocycles. The number of nitriles is 1. The molecule has 2 atom stereocenters. The van der Waals surface area contributed by atoms with E-state index in [2.05, 4.69) is 70.3 Å². The largest absolute Gasteiger partial charge is 0.462 e. The first-order valence-electron chi connectivity index (χ1n) is 13.8. The van der Waals surface area contributed by atoms with Crippen LogP contribution in [0.3, 0.4) is 0 Å². The van der Waals surface area contributed by atoms with Crippen molar-refractivity contribution >= 4 is 22.3 Å². The van der Waals surface area contributed by atoms with Crippen molar-refractivity contribution in [2.24, 2.45) is 5.92 Å². The molecule has 4 heterocycles. The first-order valence-corrected chi connectivity index (χ1v) is 13.8. The molecule has 0 N–H and O–H groups in total. The first-order chi connectivity index (χ1) is 18.2. The van der Waals surface area contributed by atoms with Gasteiger partial charge in [-0.05, 0) is 63.1 Å². The van der Waals surface area contributed by atoms with Gasteiger partial charge in [-0.15, -0.1) is 0 Å². The predicted octanol–water partition coefficient (Wildman–Crippen LogP) is 4.80. The molecule has 1 aromatic heterocycles. The molecule has 0 bridgehead atoms. The minimum atomic E-state index is 0.400. The lowest BCUT2D eigenvalue weighted by Gasteiger charge is -2.37. The van der Waals surface area contributed by atoms with Crippen LogP contribution >= 0.6 is 0 Å². The van der Waals surface area contributed by atoms with Crippen molar-refractivity contribution in [2.75, 3.05) is 49.6 Å². The number of aromatic nitrogens is 2. The molecule has 2 fully saturated rings. The van der Waals surface area contributed by atoms with Gasteiger partial charge in [-0.1, -0.05) is 36.4 Å². The third-order valence-electron chi connectivity index (χ3n) is 8.40. The zero-order valence-electron chi connectivity index (χ0n) is 21.8. The van der Waals surface area contributed by atoms with Crippen molar-refractivity contribution in [1.29, 1.82) is 5.26 Å². The Bertz CT molecular complexity index is 1300. The molecular weight excluding hydrogens is 460 g/mol. The Labute approximate surface area is 219 Å². The van der Waals surface area contributed by atoms with Gasteiger partial charge in [0.2, 0.25) is 0 Å². The minimum Gasteiger partial charge on any atom is -0.462 e. The van der Waals surface area contributed by atoms with Gasteiger partial charge in [0.25, 0.3) is 0 Å². The highest BCUT2D eigenvalue weighted by atomic mass is 16.5. The topological polar surface area (TPSA) is 68.5 Å². The van der Waals surface area contributed by atoms with Gasteiger partial charge in [0.15, 0.2) is 0 Å². The summed E-state index contributed by atoms with van der Waals surface area (Å²) in [6, 6.07) is 18.4. The molecule has 3 aliphatic rings. The van der Waals surface area contributed by atoms with E-state index in [9.17, 15) is 5.26 Å². The summed E-state index contributed by atoms with van der Waals surface area (Å²) < 4.78 is 6.28. The van der Waals surface area contributed by atoms with Crippen molar-refractivity contribution in [3.63, 3.8) is 0 Å². The summed E-state index contributed by atoms with van der Waals surface area (Å²) in [6.45, 7) is 5.28. The fourth-order valence-electron chi connectivity index (χ4n) is 6.32. The SMILES string of the molecule is CN1CCC[C@H]1COc1nc2c(c(N3CCCC(CC#N)C3)n1)CCN(c1cccc3ccccc13)C2. The Morgan fingerprint density at radius 2 is 1.86 bits per heavy atom. The van der Waals surface area contributed by atoms with Crippen molar-refractivity contribution in [3.8, 4) is 12.1 Å². The highest BCUT2D eigenvalue weighted by molar-refractivity contribution is 5.94. The maximum Gasteiger partial charge on any atom is 0.318 e. The van der Waals surface area contributed by atoms with E-state index in [4.69, 9.17) is 14.7 Å². The van der Waals surface area contributed by atoms with Crippen LogP contribution in [0.25, 0.3) is 10.8 Å². The molecule has 37 heavy (non-hydrogen) atoms. The van der Waals surface area contributed by atoms with Crippen LogP contribution in [0.5, 0.6) is 6.01 Å².